The molecule has 2 fully saturated rings. The van der Waals surface area contributed by atoms with Crippen LogP contribution in [-0.2, 0) is 0 Å². The highest BCUT2D eigenvalue weighted by molar-refractivity contribution is 5.93. The van der Waals surface area contributed by atoms with E-state index in [1.165, 1.54) is 0 Å². The smallest absolute Gasteiger partial charge is 0.270 e. The zero-order valence-electron chi connectivity index (χ0n) is 11.3. The number of rotatable bonds is 2. The monoisotopic (exact) mass is 263 g/mol. The highest BCUT2D eigenvalue weighted by atomic mass is 16.3. The lowest BCUT2D eigenvalue weighted by atomic mass is 9.96. The van der Waals surface area contributed by atoms with Gasteiger partial charge in [0, 0.05) is 12.2 Å². The second kappa shape index (κ2) is 4.65. The van der Waals surface area contributed by atoms with Gasteiger partial charge in [-0.15, -0.1) is 0 Å². The number of carbonyl (C=O) groups is 1. The average molecular weight is 263 g/mol. The fourth-order valence-corrected chi connectivity index (χ4v) is 3.06. The third-order valence-corrected chi connectivity index (χ3v) is 4.05. The maximum Gasteiger partial charge on any atom is 0.270 e. The molecule has 2 N–H and O–H groups in total. The number of carbonyl (C=O) groups excluding carboxylic acids is 1. The van der Waals surface area contributed by atoms with Gasteiger partial charge in [0.05, 0.1) is 18.7 Å². The van der Waals surface area contributed by atoms with Crippen molar-refractivity contribution in [3.8, 4) is 0 Å². The molecule has 2 aliphatic heterocycles. The molecule has 0 aliphatic carbocycles. The van der Waals surface area contributed by atoms with E-state index in [2.05, 4.69) is 9.88 Å². The predicted molar refractivity (Wildman–Crippen MR) is 72.1 cm³/mol. The van der Waals surface area contributed by atoms with Crippen LogP contribution in [-0.4, -0.2) is 52.3 Å². The quantitative estimate of drug-likeness (QED) is 0.822. The molecule has 0 spiro atoms. The van der Waals surface area contributed by atoms with Crippen LogP contribution in [0, 0.1) is 0 Å². The molecule has 1 aromatic rings. The maximum absolute atomic E-state index is 12.4. The first-order chi connectivity index (χ1) is 9.07. The van der Waals surface area contributed by atoms with E-state index >= 15 is 0 Å². The first-order valence-corrected chi connectivity index (χ1v) is 6.96. The highest BCUT2D eigenvalue weighted by Gasteiger charge is 2.40. The van der Waals surface area contributed by atoms with Crippen LogP contribution in [0.1, 0.15) is 36.3 Å². The fourth-order valence-electron chi connectivity index (χ4n) is 3.06. The molecule has 2 aliphatic rings. The molecule has 0 saturated carbocycles. The normalized spacial score (nSPS) is 23.2. The van der Waals surface area contributed by atoms with Gasteiger partial charge in [0.25, 0.3) is 5.91 Å². The van der Waals surface area contributed by atoms with Crippen LogP contribution in [0.25, 0.3) is 0 Å². The Morgan fingerprint density at radius 1 is 1.42 bits per heavy atom. The van der Waals surface area contributed by atoms with Gasteiger partial charge in [0.1, 0.15) is 5.69 Å². The lowest BCUT2D eigenvalue weighted by molar-refractivity contribution is -0.0672. The minimum Gasteiger partial charge on any atom is -0.386 e. The number of hydrogen-bond acceptors (Lipinski definition) is 3. The third-order valence-electron chi connectivity index (χ3n) is 4.05. The first-order valence-electron chi connectivity index (χ1n) is 6.96. The van der Waals surface area contributed by atoms with E-state index < -0.39 is 5.60 Å². The Balaban J connectivity index is 1.74. The summed E-state index contributed by atoms with van der Waals surface area (Å²) in [4.78, 5) is 14.1. The number of β-amino-alcohol motifs (C(OH)–C–C–N with tert-alkyl or cyclic N) is 1. The largest absolute Gasteiger partial charge is 0.386 e. The van der Waals surface area contributed by atoms with Crippen LogP contribution >= 0.6 is 0 Å². The maximum atomic E-state index is 12.4. The van der Waals surface area contributed by atoms with Crippen LogP contribution in [0.3, 0.4) is 0 Å². The van der Waals surface area contributed by atoms with E-state index in [9.17, 15) is 9.90 Å². The van der Waals surface area contributed by atoms with Gasteiger partial charge in [-0.1, -0.05) is 0 Å². The van der Waals surface area contributed by atoms with Crippen molar-refractivity contribution in [2.75, 3.05) is 26.2 Å². The molecule has 0 aromatic carbocycles. The van der Waals surface area contributed by atoms with Crippen molar-refractivity contribution in [3.63, 3.8) is 0 Å². The molecule has 5 heteroatoms. The van der Waals surface area contributed by atoms with E-state index in [-0.39, 0.29) is 5.91 Å². The highest BCUT2D eigenvalue weighted by Crippen LogP contribution is 2.26. The summed E-state index contributed by atoms with van der Waals surface area (Å²) in [5.74, 6) is 0.0371. The molecule has 2 saturated heterocycles. The minimum atomic E-state index is -0.707. The zero-order valence-corrected chi connectivity index (χ0v) is 11.3. The summed E-state index contributed by atoms with van der Waals surface area (Å²) in [6.07, 6.45) is 4.13. The van der Waals surface area contributed by atoms with E-state index in [1.807, 2.05) is 18.3 Å². The molecular formula is C14H21N3O2. The lowest BCUT2D eigenvalue weighted by Gasteiger charge is -2.44. The van der Waals surface area contributed by atoms with Crippen LogP contribution in [0.2, 0.25) is 0 Å². The number of nitrogens with zero attached hydrogens (tertiary/aromatic N) is 2. The summed E-state index contributed by atoms with van der Waals surface area (Å²) in [6, 6.07) is 4.24. The second-order valence-corrected chi connectivity index (χ2v) is 5.94. The summed E-state index contributed by atoms with van der Waals surface area (Å²) >= 11 is 0. The summed E-state index contributed by atoms with van der Waals surface area (Å²) in [5, 5.41) is 13.1. The Morgan fingerprint density at radius 2 is 2.11 bits per heavy atom. The average Bonchev–Trinajstić information content (AvgIpc) is 2.85. The number of likely N-dealkylation sites (tertiary alicyclic amines) is 1. The van der Waals surface area contributed by atoms with E-state index in [0.29, 0.717) is 19.1 Å². The van der Waals surface area contributed by atoms with Crippen molar-refractivity contribution in [2.45, 2.75) is 31.4 Å². The summed E-state index contributed by atoms with van der Waals surface area (Å²) in [7, 11) is 0. The predicted octanol–water partition coefficient (Wildman–Crippen LogP) is 0.619. The van der Waals surface area contributed by atoms with Gasteiger partial charge >= 0.3 is 0 Å². The van der Waals surface area contributed by atoms with Gasteiger partial charge in [0.2, 0.25) is 0 Å². The summed E-state index contributed by atoms with van der Waals surface area (Å²) in [6.45, 7) is 4.65. The number of hydrogen-bond donors (Lipinski definition) is 2. The number of aliphatic hydroxyl groups is 1. The van der Waals surface area contributed by atoms with Crippen LogP contribution in [0.5, 0.6) is 0 Å². The fraction of sp³-hybridized carbons (Fsp3) is 0.643. The number of aromatic nitrogens is 1. The van der Waals surface area contributed by atoms with Crippen molar-refractivity contribution < 1.29 is 9.90 Å². The van der Waals surface area contributed by atoms with Crippen molar-refractivity contribution >= 4 is 5.91 Å². The van der Waals surface area contributed by atoms with Gasteiger partial charge in [-0.2, -0.15) is 0 Å². The SMILES string of the molecule is CC1(O)CN(C(=O)c2cccn2C2CCNCC2)C1. The summed E-state index contributed by atoms with van der Waals surface area (Å²) in [5.41, 5.74) is 0.0457. The van der Waals surface area contributed by atoms with Crippen molar-refractivity contribution in [3.05, 3.63) is 24.0 Å². The molecule has 19 heavy (non-hydrogen) atoms. The molecule has 1 amide bonds. The van der Waals surface area contributed by atoms with E-state index in [1.54, 1.807) is 11.8 Å². The lowest BCUT2D eigenvalue weighted by Crippen LogP contribution is -2.61. The topological polar surface area (TPSA) is 57.5 Å². The van der Waals surface area contributed by atoms with Crippen LogP contribution in [0.15, 0.2) is 18.3 Å². The molecular weight excluding hydrogens is 242 g/mol. The zero-order chi connectivity index (χ0) is 13.5. The van der Waals surface area contributed by atoms with Gasteiger partial charge in [0.15, 0.2) is 0 Å². The molecule has 0 radical (unpaired) electrons. The number of nitrogens with one attached hydrogen (secondary N) is 1. The molecule has 0 atom stereocenters. The Hall–Kier alpha value is -1.33. The second-order valence-electron chi connectivity index (χ2n) is 5.94. The molecule has 0 bridgehead atoms. The van der Waals surface area contributed by atoms with Gasteiger partial charge < -0.3 is 19.9 Å². The van der Waals surface area contributed by atoms with Gasteiger partial charge in [-0.25, -0.2) is 0 Å². The van der Waals surface area contributed by atoms with Crippen molar-refractivity contribution in [2.24, 2.45) is 0 Å². The molecule has 104 valence electrons. The van der Waals surface area contributed by atoms with Crippen LogP contribution < -0.4 is 5.32 Å². The Kier molecular flexibility index (Phi) is 3.11. The van der Waals surface area contributed by atoms with Crippen molar-refractivity contribution in [1.29, 1.82) is 0 Å². The van der Waals surface area contributed by atoms with Crippen molar-refractivity contribution in [1.82, 2.24) is 14.8 Å². The third kappa shape index (κ3) is 2.40. The Morgan fingerprint density at radius 3 is 2.74 bits per heavy atom. The molecule has 5 nitrogen and oxygen atoms in total. The molecule has 3 heterocycles. The standard InChI is InChI=1S/C14H21N3O2/c1-14(19)9-16(10-14)13(18)12-3-2-8-17(12)11-4-6-15-7-5-11/h2-3,8,11,15,19H,4-7,9-10H2,1H3. The number of piperidine rings is 1. The van der Waals surface area contributed by atoms with Crippen LogP contribution in [0.4, 0.5) is 0 Å². The molecule has 1 aromatic heterocycles. The molecule has 3 rings (SSSR count). The van der Waals surface area contributed by atoms with Gasteiger partial charge in [-0.05, 0) is 45.0 Å². The Bertz CT molecular complexity index is 467. The number of amides is 1. The van der Waals surface area contributed by atoms with Gasteiger partial charge in [-0.3, -0.25) is 4.79 Å². The minimum absolute atomic E-state index is 0.0371. The van der Waals surface area contributed by atoms with E-state index in [0.717, 1.165) is 31.6 Å². The Labute approximate surface area is 113 Å². The summed E-state index contributed by atoms with van der Waals surface area (Å²) < 4.78 is 2.11. The van der Waals surface area contributed by atoms with E-state index in [4.69, 9.17) is 0 Å². The first kappa shape index (κ1) is 12.7. The molecule has 0 unspecified atom stereocenters.